The zero-order valence-electron chi connectivity index (χ0n) is 19.8. The fraction of sp³-hybridized carbons (Fsp3) is 0.391. The average molecular weight is 530 g/mol. The van der Waals surface area contributed by atoms with Gasteiger partial charge in [-0.2, -0.15) is 9.29 Å². The molecule has 0 spiro atoms. The van der Waals surface area contributed by atoms with Crippen molar-refractivity contribution in [1.82, 2.24) is 24.5 Å². The molecule has 0 atom stereocenters. The number of sulfonamides is 1. The minimum Gasteiger partial charge on any atom is -0.354 e. The van der Waals surface area contributed by atoms with E-state index in [4.69, 9.17) is 4.98 Å². The molecular weight excluding hydrogens is 502 g/mol. The predicted octanol–water partition coefficient (Wildman–Crippen LogP) is 1.06. The molecule has 0 bridgehead atoms. The Balaban J connectivity index is 1.39. The monoisotopic (exact) mass is 529 g/mol. The highest BCUT2D eigenvalue weighted by Gasteiger charge is 2.30. The number of aromatic nitrogens is 2. The molecule has 3 aliphatic heterocycles. The first-order chi connectivity index (χ1) is 17.3. The summed E-state index contributed by atoms with van der Waals surface area (Å²) in [6, 6.07) is 10.3. The summed E-state index contributed by atoms with van der Waals surface area (Å²) in [5, 5.41) is 1.86. The Morgan fingerprint density at radius 1 is 0.917 bits per heavy atom. The molecule has 0 saturated carbocycles. The third-order valence-electron chi connectivity index (χ3n) is 6.37. The van der Waals surface area contributed by atoms with Crippen LogP contribution in [0.25, 0.3) is 6.08 Å². The van der Waals surface area contributed by atoms with Crippen LogP contribution < -0.4 is 15.1 Å². The number of rotatable bonds is 5. The van der Waals surface area contributed by atoms with E-state index in [1.165, 1.54) is 4.31 Å². The van der Waals surface area contributed by atoms with Crippen molar-refractivity contribution in [3.8, 4) is 0 Å². The summed E-state index contributed by atoms with van der Waals surface area (Å²) in [6.07, 6.45) is 1.60. The van der Waals surface area contributed by atoms with Crippen LogP contribution in [0.15, 0.2) is 46.2 Å². The van der Waals surface area contributed by atoms with Crippen LogP contribution in [0.4, 0.5) is 16.6 Å². The Bertz CT molecular complexity index is 1290. The van der Waals surface area contributed by atoms with Crippen molar-refractivity contribution in [3.63, 3.8) is 0 Å². The number of nitrogens with zero attached hydrogens (tertiary/aromatic N) is 6. The molecule has 2 aromatic rings. The lowest BCUT2D eigenvalue weighted by Crippen LogP contribution is -2.49. The number of hydrogen-bond acceptors (Lipinski definition) is 10. The summed E-state index contributed by atoms with van der Waals surface area (Å²) in [6.45, 7) is 4.89. The number of benzene rings is 1. The van der Waals surface area contributed by atoms with Gasteiger partial charge in [-0.25, -0.2) is 13.4 Å². The highest BCUT2D eigenvalue weighted by molar-refractivity contribution is 8.18. The molecule has 1 N–H and O–H groups in total. The molecule has 0 radical (unpaired) electrons. The van der Waals surface area contributed by atoms with Crippen LogP contribution in [0, 0.1) is 0 Å². The summed E-state index contributed by atoms with van der Waals surface area (Å²) in [5.41, 5.74) is 0.528. The highest BCUT2D eigenvalue weighted by atomic mass is 32.2. The molecule has 3 fully saturated rings. The van der Waals surface area contributed by atoms with E-state index in [1.54, 1.807) is 36.4 Å². The molecule has 1 aromatic carbocycles. The van der Waals surface area contributed by atoms with Crippen LogP contribution in [0.2, 0.25) is 0 Å². The maximum atomic E-state index is 13.0. The Morgan fingerprint density at radius 2 is 1.58 bits per heavy atom. The van der Waals surface area contributed by atoms with Gasteiger partial charge >= 0.3 is 0 Å². The first-order valence-corrected chi connectivity index (χ1v) is 13.9. The molecule has 0 unspecified atom stereocenters. The van der Waals surface area contributed by atoms with Crippen LogP contribution in [0.5, 0.6) is 0 Å². The number of imide groups is 1. The van der Waals surface area contributed by atoms with Crippen molar-refractivity contribution in [2.24, 2.45) is 0 Å². The Kier molecular flexibility index (Phi) is 6.97. The van der Waals surface area contributed by atoms with Gasteiger partial charge in [0, 0.05) is 58.4 Å². The van der Waals surface area contributed by atoms with Gasteiger partial charge in [-0.05, 0) is 37.0 Å². The van der Waals surface area contributed by atoms with Gasteiger partial charge in [-0.15, -0.1) is 0 Å². The van der Waals surface area contributed by atoms with E-state index in [0.717, 1.165) is 43.8 Å². The Morgan fingerprint density at radius 3 is 2.22 bits per heavy atom. The number of carbonyl (C=O) groups excluding carboxylic acids is 2. The standard InChI is InChI=1S/C23H27N7O4S2/c1-27-7-9-28(10-8-27)20-16-17(15-19-21(31)26-23(32)35-19)24-22(25-20)29-11-13-30(14-12-29)36(33,34)18-5-3-2-4-6-18/h2-6,15-16H,7-14H2,1H3,(H,26,31,32)/b19-15-. The van der Waals surface area contributed by atoms with E-state index in [9.17, 15) is 18.0 Å². The van der Waals surface area contributed by atoms with Crippen molar-refractivity contribution >= 4 is 50.8 Å². The second-order valence-electron chi connectivity index (χ2n) is 8.80. The molecule has 2 amide bonds. The van der Waals surface area contributed by atoms with Crippen LogP contribution >= 0.6 is 11.8 Å². The summed E-state index contributed by atoms with van der Waals surface area (Å²) in [5.74, 6) is 0.782. The van der Waals surface area contributed by atoms with Gasteiger partial charge in [-0.3, -0.25) is 14.9 Å². The van der Waals surface area contributed by atoms with E-state index < -0.39 is 21.2 Å². The molecule has 3 saturated heterocycles. The summed E-state index contributed by atoms with van der Waals surface area (Å²) >= 11 is 0.846. The lowest BCUT2D eigenvalue weighted by Gasteiger charge is -2.36. The molecule has 36 heavy (non-hydrogen) atoms. The number of anilines is 2. The third-order valence-corrected chi connectivity index (χ3v) is 9.09. The summed E-state index contributed by atoms with van der Waals surface area (Å²) < 4.78 is 27.5. The van der Waals surface area contributed by atoms with Crippen molar-refractivity contribution < 1.29 is 18.0 Å². The lowest BCUT2D eigenvalue weighted by molar-refractivity contribution is -0.115. The molecule has 11 nitrogen and oxygen atoms in total. The van der Waals surface area contributed by atoms with Gasteiger partial charge in [0.25, 0.3) is 11.1 Å². The first kappa shape index (κ1) is 24.7. The normalized spacial score (nSPS) is 21.3. The van der Waals surface area contributed by atoms with E-state index in [2.05, 4.69) is 27.1 Å². The fourth-order valence-corrected chi connectivity index (χ4v) is 6.39. The second kappa shape index (κ2) is 10.2. The lowest BCUT2D eigenvalue weighted by atomic mass is 10.3. The maximum absolute atomic E-state index is 13.0. The zero-order chi connectivity index (χ0) is 25.3. The number of carbonyl (C=O) groups is 2. The van der Waals surface area contributed by atoms with E-state index in [-0.39, 0.29) is 9.80 Å². The quantitative estimate of drug-likeness (QED) is 0.563. The largest absolute Gasteiger partial charge is 0.354 e. The molecule has 1 aromatic heterocycles. The number of piperazine rings is 2. The fourth-order valence-electron chi connectivity index (χ4n) is 4.28. The van der Waals surface area contributed by atoms with Crippen molar-refractivity contribution in [2.75, 3.05) is 69.2 Å². The Hall–Kier alpha value is -3.00. The molecule has 3 aliphatic rings. The first-order valence-electron chi connectivity index (χ1n) is 11.7. The zero-order valence-corrected chi connectivity index (χ0v) is 21.5. The van der Waals surface area contributed by atoms with Crippen molar-refractivity contribution in [3.05, 3.63) is 47.0 Å². The van der Waals surface area contributed by atoms with E-state index >= 15 is 0 Å². The maximum Gasteiger partial charge on any atom is 0.290 e. The molecule has 0 aliphatic carbocycles. The number of hydrogen-bond donors (Lipinski definition) is 1. The third kappa shape index (κ3) is 5.24. The van der Waals surface area contributed by atoms with Gasteiger partial charge in [-0.1, -0.05) is 18.2 Å². The predicted molar refractivity (Wildman–Crippen MR) is 138 cm³/mol. The number of nitrogens with one attached hydrogen (secondary N) is 1. The van der Waals surface area contributed by atoms with Crippen LogP contribution in [0.3, 0.4) is 0 Å². The van der Waals surface area contributed by atoms with Crippen molar-refractivity contribution in [1.29, 1.82) is 0 Å². The number of amides is 2. The summed E-state index contributed by atoms with van der Waals surface area (Å²) in [4.78, 5) is 40.1. The molecule has 5 rings (SSSR count). The van der Waals surface area contributed by atoms with Crippen molar-refractivity contribution in [2.45, 2.75) is 4.90 Å². The van der Waals surface area contributed by atoms with Gasteiger partial charge in [0.1, 0.15) is 5.82 Å². The van der Waals surface area contributed by atoms with E-state index in [0.29, 0.717) is 37.8 Å². The smallest absolute Gasteiger partial charge is 0.290 e. The number of likely N-dealkylation sites (N-methyl/N-ethyl adjacent to an activating group) is 1. The second-order valence-corrected chi connectivity index (χ2v) is 11.8. The molecular formula is C23H27N7O4S2. The van der Waals surface area contributed by atoms with Gasteiger partial charge in [0.2, 0.25) is 16.0 Å². The molecule has 190 valence electrons. The van der Waals surface area contributed by atoms with Gasteiger partial charge < -0.3 is 14.7 Å². The minimum atomic E-state index is -3.57. The average Bonchev–Trinajstić information content (AvgIpc) is 3.21. The van der Waals surface area contributed by atoms with Crippen LogP contribution in [0.1, 0.15) is 5.69 Å². The van der Waals surface area contributed by atoms with Crippen LogP contribution in [-0.4, -0.2) is 98.1 Å². The summed E-state index contributed by atoms with van der Waals surface area (Å²) in [7, 11) is -1.49. The molecule has 13 heteroatoms. The number of thioether (sulfide) groups is 1. The van der Waals surface area contributed by atoms with Gasteiger partial charge in [0.15, 0.2) is 0 Å². The molecule has 4 heterocycles. The van der Waals surface area contributed by atoms with Crippen LogP contribution in [-0.2, 0) is 14.8 Å². The SMILES string of the molecule is CN1CCN(c2cc(/C=C3\SC(=O)NC3=O)nc(N3CCN(S(=O)(=O)c4ccccc4)CC3)n2)CC1. The highest BCUT2D eigenvalue weighted by Crippen LogP contribution is 2.28. The Labute approximate surface area is 214 Å². The van der Waals surface area contributed by atoms with Gasteiger partial charge in [0.05, 0.1) is 15.5 Å². The minimum absolute atomic E-state index is 0.280. The topological polar surface area (TPSA) is 119 Å². The van der Waals surface area contributed by atoms with E-state index in [1.807, 2.05) is 11.0 Å².